The van der Waals surface area contributed by atoms with E-state index in [1.54, 1.807) is 7.05 Å². The van der Waals surface area contributed by atoms with E-state index < -0.39 is 15.7 Å². The third-order valence-electron chi connectivity index (χ3n) is 4.69. The molecule has 0 atom stereocenters. The molecule has 156 valence electrons. The number of sulfone groups is 1. The number of benzene rings is 2. The van der Waals surface area contributed by atoms with Crippen molar-refractivity contribution in [3.8, 4) is 0 Å². The normalized spacial score (nSPS) is 14.8. The van der Waals surface area contributed by atoms with E-state index in [1.807, 2.05) is 18.2 Å². The Kier molecular flexibility index (Phi) is 8.63. The first-order chi connectivity index (χ1) is 13.5. The van der Waals surface area contributed by atoms with E-state index in [0.29, 0.717) is 12.5 Å². The Morgan fingerprint density at radius 1 is 1.14 bits per heavy atom. The van der Waals surface area contributed by atoms with Crippen molar-refractivity contribution >= 4 is 45.3 Å². The maximum Gasteiger partial charge on any atom is 0.193 e. The lowest BCUT2D eigenvalue weighted by atomic mass is 10.00. The summed E-state index contributed by atoms with van der Waals surface area (Å²) >= 11 is 0. The van der Waals surface area contributed by atoms with Gasteiger partial charge in [-0.05, 0) is 29.7 Å². The minimum atomic E-state index is -3.69. The molecular weight excluding hydrogens is 504 g/mol. The predicted molar refractivity (Wildman–Crippen MR) is 126 cm³/mol. The molecule has 0 amide bonds. The highest BCUT2D eigenvalue weighted by Gasteiger charge is 2.20. The van der Waals surface area contributed by atoms with Crippen molar-refractivity contribution in [2.45, 2.75) is 11.3 Å². The fraction of sp³-hybridized carbons (Fsp3) is 0.286. The number of halogens is 2. The summed E-state index contributed by atoms with van der Waals surface area (Å²) in [5.41, 5.74) is 2.52. The SMILES string of the molecule is CN=C(NCCS(=O)(=O)c1ccccc1F)N1CC=C(c2ccccc2)CC1.I. The molecule has 0 saturated carbocycles. The van der Waals surface area contributed by atoms with Crippen LogP contribution in [0.5, 0.6) is 0 Å². The number of aliphatic imine (C=N–C) groups is 1. The maximum atomic E-state index is 13.8. The molecular formula is C21H25FIN3O2S. The number of nitrogens with one attached hydrogen (secondary N) is 1. The van der Waals surface area contributed by atoms with Gasteiger partial charge in [0.05, 0.1) is 5.75 Å². The smallest absolute Gasteiger partial charge is 0.193 e. The first-order valence-electron chi connectivity index (χ1n) is 9.18. The van der Waals surface area contributed by atoms with Crippen LogP contribution >= 0.6 is 24.0 Å². The monoisotopic (exact) mass is 529 g/mol. The Morgan fingerprint density at radius 3 is 2.45 bits per heavy atom. The lowest BCUT2D eigenvalue weighted by Gasteiger charge is -2.29. The van der Waals surface area contributed by atoms with Crippen LogP contribution < -0.4 is 5.32 Å². The molecule has 2 aromatic rings. The summed E-state index contributed by atoms with van der Waals surface area (Å²) in [5.74, 6) is -0.278. The summed E-state index contributed by atoms with van der Waals surface area (Å²) in [6.45, 7) is 1.65. The molecule has 0 radical (unpaired) electrons. The van der Waals surface area contributed by atoms with Gasteiger partial charge in [-0.15, -0.1) is 24.0 Å². The highest BCUT2D eigenvalue weighted by Crippen LogP contribution is 2.22. The molecule has 0 saturated heterocycles. The van der Waals surface area contributed by atoms with Crippen molar-refractivity contribution in [2.24, 2.45) is 4.99 Å². The second-order valence-corrected chi connectivity index (χ2v) is 8.59. The fourth-order valence-electron chi connectivity index (χ4n) is 3.21. The molecule has 5 nitrogen and oxygen atoms in total. The van der Waals surface area contributed by atoms with Crippen LogP contribution in [0.3, 0.4) is 0 Å². The first-order valence-corrected chi connectivity index (χ1v) is 10.8. The second kappa shape index (κ2) is 10.7. The molecule has 0 aromatic heterocycles. The number of hydrogen-bond donors (Lipinski definition) is 1. The standard InChI is InChI=1S/C21H24FN3O2S.HI/c1-23-21(24-13-16-28(26,27)20-10-6-5-9-19(20)22)25-14-11-18(12-15-25)17-7-3-2-4-8-17;/h2-11H,12-16H2,1H3,(H,23,24);1H. The quantitative estimate of drug-likeness (QED) is 0.366. The number of nitrogens with zero attached hydrogens (tertiary/aromatic N) is 2. The fourth-order valence-corrected chi connectivity index (χ4v) is 4.45. The van der Waals surface area contributed by atoms with Gasteiger partial charge in [-0.1, -0.05) is 48.5 Å². The van der Waals surface area contributed by atoms with E-state index in [2.05, 4.69) is 33.4 Å². The van der Waals surface area contributed by atoms with Gasteiger partial charge in [0.15, 0.2) is 15.8 Å². The van der Waals surface area contributed by atoms with E-state index in [1.165, 1.54) is 29.3 Å². The van der Waals surface area contributed by atoms with Crippen molar-refractivity contribution < 1.29 is 12.8 Å². The van der Waals surface area contributed by atoms with Crippen LogP contribution in [0.2, 0.25) is 0 Å². The average molecular weight is 529 g/mol. The molecule has 0 aliphatic carbocycles. The van der Waals surface area contributed by atoms with Crippen molar-refractivity contribution in [1.82, 2.24) is 10.2 Å². The largest absolute Gasteiger partial charge is 0.355 e. The van der Waals surface area contributed by atoms with Gasteiger partial charge in [0.2, 0.25) is 0 Å². The van der Waals surface area contributed by atoms with Gasteiger partial charge in [0.1, 0.15) is 10.7 Å². The molecule has 1 aliphatic rings. The Labute approximate surface area is 188 Å². The summed E-state index contributed by atoms with van der Waals surface area (Å²) in [6.07, 6.45) is 3.06. The zero-order valence-corrected chi connectivity index (χ0v) is 19.4. The summed E-state index contributed by atoms with van der Waals surface area (Å²) in [4.78, 5) is 6.06. The van der Waals surface area contributed by atoms with Crippen LogP contribution in [0, 0.1) is 5.82 Å². The molecule has 1 aliphatic heterocycles. The lowest BCUT2D eigenvalue weighted by Crippen LogP contribution is -2.44. The van der Waals surface area contributed by atoms with Gasteiger partial charge in [0, 0.05) is 26.7 Å². The Bertz CT molecular complexity index is 978. The van der Waals surface area contributed by atoms with E-state index in [0.717, 1.165) is 19.0 Å². The molecule has 0 spiro atoms. The van der Waals surface area contributed by atoms with Gasteiger partial charge in [0.25, 0.3) is 0 Å². The second-order valence-electron chi connectivity index (χ2n) is 6.51. The highest BCUT2D eigenvalue weighted by atomic mass is 127. The van der Waals surface area contributed by atoms with Gasteiger partial charge < -0.3 is 10.2 Å². The topological polar surface area (TPSA) is 61.8 Å². The maximum absolute atomic E-state index is 13.8. The summed E-state index contributed by atoms with van der Waals surface area (Å²) < 4.78 is 38.5. The van der Waals surface area contributed by atoms with Gasteiger partial charge in [-0.2, -0.15) is 0 Å². The molecule has 8 heteroatoms. The molecule has 3 rings (SSSR count). The van der Waals surface area contributed by atoms with E-state index in [9.17, 15) is 12.8 Å². The Balaban J connectivity index is 0.00000300. The Morgan fingerprint density at radius 2 is 1.83 bits per heavy atom. The van der Waals surface area contributed by atoms with Crippen LogP contribution in [-0.4, -0.2) is 51.7 Å². The predicted octanol–water partition coefficient (Wildman–Crippen LogP) is 3.58. The van der Waals surface area contributed by atoms with Gasteiger partial charge in [-0.25, -0.2) is 12.8 Å². The molecule has 0 fully saturated rings. The summed E-state index contributed by atoms with van der Waals surface area (Å²) in [7, 11) is -2.02. The van der Waals surface area contributed by atoms with E-state index in [-0.39, 0.29) is 41.2 Å². The van der Waals surface area contributed by atoms with Crippen LogP contribution in [0.15, 0.2) is 70.6 Å². The minimum Gasteiger partial charge on any atom is -0.355 e. The van der Waals surface area contributed by atoms with Crippen LogP contribution in [0.1, 0.15) is 12.0 Å². The van der Waals surface area contributed by atoms with Crippen molar-refractivity contribution in [1.29, 1.82) is 0 Å². The number of hydrogen-bond acceptors (Lipinski definition) is 3. The Hall–Kier alpha value is -1.94. The summed E-state index contributed by atoms with van der Waals surface area (Å²) in [6, 6.07) is 15.7. The molecule has 1 N–H and O–H groups in total. The third-order valence-corrected chi connectivity index (χ3v) is 6.43. The summed E-state index contributed by atoms with van der Waals surface area (Å²) in [5, 5.41) is 3.08. The molecule has 0 bridgehead atoms. The number of rotatable bonds is 5. The molecule has 29 heavy (non-hydrogen) atoms. The molecule has 0 unspecified atom stereocenters. The van der Waals surface area contributed by atoms with Crippen LogP contribution in [-0.2, 0) is 9.84 Å². The zero-order chi connectivity index (χ0) is 20.0. The third kappa shape index (κ3) is 6.02. The van der Waals surface area contributed by atoms with Crippen LogP contribution in [0.25, 0.3) is 5.57 Å². The van der Waals surface area contributed by atoms with Crippen molar-refractivity contribution in [3.63, 3.8) is 0 Å². The van der Waals surface area contributed by atoms with Gasteiger partial charge >= 0.3 is 0 Å². The minimum absolute atomic E-state index is 0. The van der Waals surface area contributed by atoms with Crippen molar-refractivity contribution in [3.05, 3.63) is 72.1 Å². The zero-order valence-electron chi connectivity index (χ0n) is 16.2. The van der Waals surface area contributed by atoms with E-state index in [4.69, 9.17) is 0 Å². The average Bonchev–Trinajstić information content (AvgIpc) is 2.72. The van der Waals surface area contributed by atoms with E-state index >= 15 is 0 Å². The highest BCUT2D eigenvalue weighted by molar-refractivity contribution is 14.0. The van der Waals surface area contributed by atoms with Crippen LogP contribution in [0.4, 0.5) is 4.39 Å². The van der Waals surface area contributed by atoms with Crippen molar-refractivity contribution in [2.75, 3.05) is 32.4 Å². The van der Waals surface area contributed by atoms with Gasteiger partial charge in [-0.3, -0.25) is 4.99 Å². The number of guanidine groups is 1. The molecule has 2 aromatic carbocycles. The first kappa shape index (κ1) is 23.3. The molecule has 1 heterocycles. The lowest BCUT2D eigenvalue weighted by molar-refractivity contribution is 0.441.